The summed E-state index contributed by atoms with van der Waals surface area (Å²) >= 11 is 12.0. The molecule has 1 aromatic heterocycles. The van der Waals surface area contributed by atoms with E-state index in [2.05, 4.69) is 5.32 Å². The van der Waals surface area contributed by atoms with Crippen molar-refractivity contribution >= 4 is 46.6 Å². The van der Waals surface area contributed by atoms with E-state index in [0.717, 1.165) is 0 Å². The molecule has 0 radical (unpaired) electrons. The van der Waals surface area contributed by atoms with Gasteiger partial charge in [0.25, 0.3) is 17.7 Å². The molecule has 0 saturated carbocycles. The van der Waals surface area contributed by atoms with Gasteiger partial charge in [0.15, 0.2) is 5.76 Å². The van der Waals surface area contributed by atoms with Crippen molar-refractivity contribution in [3.8, 4) is 0 Å². The normalized spacial score (nSPS) is 13.7. The predicted molar refractivity (Wildman–Crippen MR) is 121 cm³/mol. The van der Waals surface area contributed by atoms with E-state index >= 15 is 0 Å². The van der Waals surface area contributed by atoms with Gasteiger partial charge in [0.2, 0.25) is 0 Å². The van der Waals surface area contributed by atoms with Crippen LogP contribution in [-0.4, -0.2) is 53.7 Å². The van der Waals surface area contributed by atoms with Crippen LogP contribution in [0.5, 0.6) is 0 Å². The third-order valence-corrected chi connectivity index (χ3v) is 5.70. The van der Waals surface area contributed by atoms with Gasteiger partial charge in [-0.1, -0.05) is 23.2 Å². The van der Waals surface area contributed by atoms with Crippen LogP contribution in [0.3, 0.4) is 0 Å². The summed E-state index contributed by atoms with van der Waals surface area (Å²) in [7, 11) is 0. The van der Waals surface area contributed by atoms with Gasteiger partial charge in [-0.15, -0.1) is 0 Å². The highest BCUT2D eigenvalue weighted by Gasteiger charge is 2.26. The maximum Gasteiger partial charge on any atom is 0.291 e. The SMILES string of the molecule is O=C(Nc1ccc(C(=O)N2CCN(C(=O)c3ccc(Cl)cc3Cl)CC2)cc1)c1ccco1. The molecule has 0 unspecified atom stereocenters. The lowest BCUT2D eigenvalue weighted by Crippen LogP contribution is -2.50. The van der Waals surface area contributed by atoms with Crippen molar-refractivity contribution in [2.75, 3.05) is 31.5 Å². The van der Waals surface area contributed by atoms with Crippen LogP contribution in [0.15, 0.2) is 65.3 Å². The standard InChI is InChI=1S/C23H19Cl2N3O4/c24-16-5-8-18(19(25)14-16)23(31)28-11-9-27(10-12-28)22(30)15-3-6-17(7-4-15)26-21(29)20-2-1-13-32-20/h1-8,13-14H,9-12H2,(H,26,29). The number of nitrogens with zero attached hydrogens (tertiary/aromatic N) is 2. The Balaban J connectivity index is 1.34. The summed E-state index contributed by atoms with van der Waals surface area (Å²) in [5, 5.41) is 3.48. The molecule has 0 spiro atoms. The molecular weight excluding hydrogens is 453 g/mol. The van der Waals surface area contributed by atoms with Crippen LogP contribution in [0, 0.1) is 0 Å². The summed E-state index contributed by atoms with van der Waals surface area (Å²) in [5.41, 5.74) is 1.45. The molecule has 2 heterocycles. The third kappa shape index (κ3) is 4.79. The Bertz CT molecular complexity index is 1140. The number of nitrogens with one attached hydrogen (secondary N) is 1. The molecule has 1 aliphatic rings. The first-order chi connectivity index (χ1) is 15.4. The lowest BCUT2D eigenvalue weighted by Gasteiger charge is -2.35. The molecule has 7 nitrogen and oxygen atoms in total. The van der Waals surface area contributed by atoms with Gasteiger partial charge in [-0.25, -0.2) is 0 Å². The number of carbonyl (C=O) groups excluding carboxylic acids is 3. The van der Waals surface area contributed by atoms with Gasteiger partial charge in [-0.05, 0) is 54.6 Å². The molecule has 3 amide bonds. The Morgan fingerprint density at radius 1 is 0.844 bits per heavy atom. The molecule has 32 heavy (non-hydrogen) atoms. The largest absolute Gasteiger partial charge is 0.459 e. The van der Waals surface area contributed by atoms with Crippen LogP contribution in [-0.2, 0) is 0 Å². The van der Waals surface area contributed by atoms with Crippen LogP contribution in [0.2, 0.25) is 10.0 Å². The van der Waals surface area contributed by atoms with Gasteiger partial charge in [-0.2, -0.15) is 0 Å². The van der Waals surface area contributed by atoms with Crippen molar-refractivity contribution in [3.05, 3.63) is 87.8 Å². The number of benzene rings is 2. The average molecular weight is 472 g/mol. The summed E-state index contributed by atoms with van der Waals surface area (Å²) in [5.74, 6) is -0.478. The van der Waals surface area contributed by atoms with E-state index in [9.17, 15) is 14.4 Å². The predicted octanol–water partition coefficient (Wildman–Crippen LogP) is 4.44. The molecule has 2 aromatic carbocycles. The van der Waals surface area contributed by atoms with Crippen molar-refractivity contribution in [1.29, 1.82) is 0 Å². The number of amides is 3. The minimum atomic E-state index is -0.365. The number of rotatable bonds is 4. The smallest absolute Gasteiger partial charge is 0.291 e. The highest BCUT2D eigenvalue weighted by molar-refractivity contribution is 6.36. The van der Waals surface area contributed by atoms with E-state index in [1.54, 1.807) is 58.3 Å². The van der Waals surface area contributed by atoms with E-state index in [4.69, 9.17) is 27.6 Å². The molecule has 0 bridgehead atoms. The first-order valence-electron chi connectivity index (χ1n) is 9.91. The second-order valence-electron chi connectivity index (χ2n) is 7.22. The van der Waals surface area contributed by atoms with Crippen LogP contribution < -0.4 is 5.32 Å². The second kappa shape index (κ2) is 9.46. The molecule has 1 saturated heterocycles. The molecule has 4 rings (SSSR count). The van der Waals surface area contributed by atoms with Crippen LogP contribution >= 0.6 is 23.2 Å². The lowest BCUT2D eigenvalue weighted by molar-refractivity contribution is 0.0535. The van der Waals surface area contributed by atoms with E-state index in [1.165, 1.54) is 12.3 Å². The molecule has 9 heteroatoms. The van der Waals surface area contributed by atoms with Gasteiger partial charge in [0, 0.05) is 42.5 Å². The number of furan rings is 1. The average Bonchev–Trinajstić information content (AvgIpc) is 3.34. The van der Waals surface area contributed by atoms with E-state index in [1.807, 2.05) is 0 Å². The van der Waals surface area contributed by atoms with Crippen molar-refractivity contribution in [2.24, 2.45) is 0 Å². The zero-order valence-corrected chi connectivity index (χ0v) is 18.4. The van der Waals surface area contributed by atoms with E-state index in [0.29, 0.717) is 53.0 Å². The monoisotopic (exact) mass is 471 g/mol. The number of hydrogen-bond donors (Lipinski definition) is 1. The zero-order chi connectivity index (χ0) is 22.7. The van der Waals surface area contributed by atoms with Gasteiger partial charge in [0.05, 0.1) is 16.8 Å². The second-order valence-corrected chi connectivity index (χ2v) is 8.06. The minimum absolute atomic E-state index is 0.134. The molecule has 164 valence electrons. The van der Waals surface area contributed by atoms with Crippen LogP contribution in [0.25, 0.3) is 0 Å². The Morgan fingerprint density at radius 2 is 1.50 bits per heavy atom. The Labute approximate surface area is 194 Å². The maximum absolute atomic E-state index is 12.8. The molecular formula is C23H19Cl2N3O4. The fourth-order valence-corrected chi connectivity index (χ4v) is 3.91. The summed E-state index contributed by atoms with van der Waals surface area (Å²) in [6.07, 6.45) is 1.42. The topological polar surface area (TPSA) is 82.9 Å². The summed E-state index contributed by atoms with van der Waals surface area (Å²) in [6.45, 7) is 1.63. The minimum Gasteiger partial charge on any atom is -0.459 e. The summed E-state index contributed by atoms with van der Waals surface area (Å²) < 4.78 is 5.06. The molecule has 0 atom stereocenters. The first kappa shape index (κ1) is 21.9. The third-order valence-electron chi connectivity index (χ3n) is 5.15. The fourth-order valence-electron chi connectivity index (χ4n) is 3.43. The fraction of sp³-hybridized carbons (Fsp3) is 0.174. The Morgan fingerprint density at radius 3 is 2.09 bits per heavy atom. The highest BCUT2D eigenvalue weighted by Crippen LogP contribution is 2.23. The molecule has 1 fully saturated rings. The van der Waals surface area contributed by atoms with Gasteiger partial charge >= 0.3 is 0 Å². The van der Waals surface area contributed by atoms with E-state index in [-0.39, 0.29) is 23.5 Å². The van der Waals surface area contributed by atoms with Crippen LogP contribution in [0.1, 0.15) is 31.3 Å². The van der Waals surface area contributed by atoms with Crippen molar-refractivity contribution in [1.82, 2.24) is 9.80 Å². The molecule has 3 aromatic rings. The molecule has 1 aliphatic heterocycles. The zero-order valence-electron chi connectivity index (χ0n) is 16.9. The van der Waals surface area contributed by atoms with Gasteiger partial charge in [-0.3, -0.25) is 14.4 Å². The summed E-state index contributed by atoms with van der Waals surface area (Å²) in [4.78, 5) is 41.0. The van der Waals surface area contributed by atoms with Crippen LogP contribution in [0.4, 0.5) is 5.69 Å². The van der Waals surface area contributed by atoms with Crippen molar-refractivity contribution in [3.63, 3.8) is 0 Å². The molecule has 0 aliphatic carbocycles. The molecule has 1 N–H and O–H groups in total. The maximum atomic E-state index is 12.8. The lowest BCUT2D eigenvalue weighted by atomic mass is 10.1. The number of carbonyl (C=O) groups is 3. The Hall–Kier alpha value is -3.29. The van der Waals surface area contributed by atoms with E-state index < -0.39 is 0 Å². The van der Waals surface area contributed by atoms with Gasteiger partial charge in [0.1, 0.15) is 0 Å². The number of anilines is 1. The summed E-state index contributed by atoms with van der Waals surface area (Å²) in [6, 6.07) is 14.6. The number of piperazine rings is 1. The quantitative estimate of drug-likeness (QED) is 0.609. The highest BCUT2D eigenvalue weighted by atomic mass is 35.5. The number of hydrogen-bond acceptors (Lipinski definition) is 4. The van der Waals surface area contributed by atoms with Gasteiger partial charge < -0.3 is 19.5 Å². The number of halogens is 2. The Kier molecular flexibility index (Phi) is 6.48. The first-order valence-corrected chi connectivity index (χ1v) is 10.7. The van der Waals surface area contributed by atoms with Crippen molar-refractivity contribution < 1.29 is 18.8 Å². The van der Waals surface area contributed by atoms with Crippen molar-refractivity contribution in [2.45, 2.75) is 0 Å².